The number of rotatable bonds is 4. The summed E-state index contributed by atoms with van der Waals surface area (Å²) in [6.45, 7) is -0.181. The molecule has 25 heavy (non-hydrogen) atoms. The first kappa shape index (κ1) is 18.7. The second-order valence-electron chi connectivity index (χ2n) is 5.20. The second kappa shape index (κ2) is 8.07. The van der Waals surface area contributed by atoms with E-state index < -0.39 is 0 Å². The van der Waals surface area contributed by atoms with Crippen molar-refractivity contribution in [3.05, 3.63) is 72.0 Å². The van der Waals surface area contributed by atoms with Gasteiger partial charge in [-0.3, -0.25) is 4.79 Å². The number of halogens is 3. The fraction of sp³-hybridized carbons (Fsp3) is 0.0556. The van der Waals surface area contributed by atoms with Crippen LogP contribution in [0.5, 0.6) is 0 Å². The number of aliphatic hydroxyl groups excluding tert-OH is 1. The predicted octanol–water partition coefficient (Wildman–Crippen LogP) is 5.55. The van der Waals surface area contributed by atoms with Crippen LogP contribution in [0.2, 0.25) is 5.02 Å². The van der Waals surface area contributed by atoms with Gasteiger partial charge < -0.3 is 14.8 Å². The number of carbonyl (C=O) groups excluding carboxylic acids is 1. The molecule has 1 aromatic heterocycles. The average Bonchev–Trinajstić information content (AvgIpc) is 3.07. The van der Waals surface area contributed by atoms with Crippen LogP contribution < -0.4 is 5.32 Å². The van der Waals surface area contributed by atoms with Crippen molar-refractivity contribution < 1.29 is 14.3 Å². The molecule has 0 radical (unpaired) electrons. The molecule has 0 saturated heterocycles. The topological polar surface area (TPSA) is 62.5 Å². The fourth-order valence-corrected chi connectivity index (χ4v) is 3.55. The third kappa shape index (κ3) is 4.36. The summed E-state index contributed by atoms with van der Waals surface area (Å²) in [5.41, 5.74) is 1.88. The van der Waals surface area contributed by atoms with E-state index in [-0.39, 0.29) is 12.5 Å². The van der Waals surface area contributed by atoms with E-state index in [1.165, 1.54) is 0 Å². The minimum atomic E-state index is -0.188. The number of aliphatic hydroxyl groups is 1. The largest absolute Gasteiger partial charge is 0.459 e. The highest BCUT2D eigenvalue weighted by Gasteiger charge is 2.14. The van der Waals surface area contributed by atoms with E-state index >= 15 is 0 Å². The van der Waals surface area contributed by atoms with Crippen LogP contribution in [0, 0.1) is 7.14 Å². The van der Waals surface area contributed by atoms with Gasteiger partial charge in [0.05, 0.1) is 10.6 Å². The molecule has 0 atom stereocenters. The summed E-state index contributed by atoms with van der Waals surface area (Å²) in [5, 5.41) is 12.5. The summed E-state index contributed by atoms with van der Waals surface area (Å²) in [7, 11) is 0. The van der Waals surface area contributed by atoms with Crippen molar-refractivity contribution >= 4 is 68.4 Å². The molecule has 0 aliphatic rings. The first-order valence-corrected chi connectivity index (χ1v) is 9.77. The van der Waals surface area contributed by atoms with Gasteiger partial charge >= 0.3 is 0 Å². The fourth-order valence-electron chi connectivity index (χ4n) is 2.27. The van der Waals surface area contributed by atoms with E-state index in [1.54, 1.807) is 30.3 Å². The van der Waals surface area contributed by atoms with Gasteiger partial charge in [0.15, 0.2) is 0 Å². The minimum Gasteiger partial charge on any atom is -0.459 e. The Morgan fingerprint density at radius 1 is 1.12 bits per heavy atom. The molecule has 2 aromatic carbocycles. The Morgan fingerprint density at radius 2 is 1.92 bits per heavy atom. The zero-order valence-corrected chi connectivity index (χ0v) is 17.8. The van der Waals surface area contributed by atoms with E-state index in [1.807, 2.05) is 18.2 Å². The third-order valence-corrected chi connectivity index (χ3v) is 5.42. The van der Waals surface area contributed by atoms with Gasteiger partial charge in [0.25, 0.3) is 5.91 Å². The molecule has 0 fully saturated rings. The Bertz CT molecular complexity index is 940. The molecule has 1 heterocycles. The molecule has 0 unspecified atom stereocenters. The Hall–Kier alpha value is -1.10. The summed E-state index contributed by atoms with van der Waals surface area (Å²) < 4.78 is 7.40. The lowest BCUT2D eigenvalue weighted by Gasteiger charge is -2.09. The highest BCUT2D eigenvalue weighted by molar-refractivity contribution is 14.1. The number of hydrogen-bond donors (Lipinski definition) is 2. The van der Waals surface area contributed by atoms with Crippen molar-refractivity contribution in [2.24, 2.45) is 0 Å². The quantitative estimate of drug-likeness (QED) is 0.399. The molecule has 0 saturated carbocycles. The van der Waals surface area contributed by atoms with Gasteiger partial charge in [0, 0.05) is 18.4 Å². The van der Waals surface area contributed by atoms with Crippen LogP contribution in [0.25, 0.3) is 11.3 Å². The number of hydrogen-bond acceptors (Lipinski definition) is 3. The van der Waals surface area contributed by atoms with Crippen LogP contribution in [-0.2, 0) is 6.61 Å². The summed E-state index contributed by atoms with van der Waals surface area (Å²) in [5.74, 6) is 0.801. The lowest BCUT2D eigenvalue weighted by atomic mass is 10.1. The maximum Gasteiger partial charge on any atom is 0.256 e. The molecule has 4 nitrogen and oxygen atoms in total. The maximum absolute atomic E-state index is 12.6. The minimum absolute atomic E-state index is 0.181. The molecule has 3 aromatic rings. The lowest BCUT2D eigenvalue weighted by Crippen LogP contribution is -2.13. The SMILES string of the molecule is O=C(Nc1ccc(Cl)c(-c2ccc(CO)o2)c1)c1cc(I)ccc1I. The first-order chi connectivity index (χ1) is 12.0. The summed E-state index contributed by atoms with van der Waals surface area (Å²) >= 11 is 10.6. The van der Waals surface area contributed by atoms with Crippen LogP contribution >= 0.6 is 56.8 Å². The van der Waals surface area contributed by atoms with Gasteiger partial charge in [0.1, 0.15) is 18.1 Å². The average molecular weight is 580 g/mol. The van der Waals surface area contributed by atoms with E-state index in [9.17, 15) is 4.79 Å². The normalized spacial score (nSPS) is 10.7. The Kier molecular flexibility index (Phi) is 6.03. The van der Waals surface area contributed by atoms with Crippen LogP contribution in [0.15, 0.2) is 52.9 Å². The number of nitrogens with one attached hydrogen (secondary N) is 1. The first-order valence-electron chi connectivity index (χ1n) is 7.24. The van der Waals surface area contributed by atoms with Gasteiger partial charge in [-0.15, -0.1) is 0 Å². The highest BCUT2D eigenvalue weighted by Crippen LogP contribution is 2.32. The van der Waals surface area contributed by atoms with Crippen molar-refractivity contribution in [1.82, 2.24) is 0 Å². The van der Waals surface area contributed by atoms with Crippen LogP contribution in [0.1, 0.15) is 16.1 Å². The Labute approximate surface area is 176 Å². The Balaban J connectivity index is 1.89. The predicted molar refractivity (Wildman–Crippen MR) is 115 cm³/mol. The van der Waals surface area contributed by atoms with E-state index in [0.717, 1.165) is 7.14 Å². The number of amides is 1. The molecule has 1 amide bonds. The molecule has 0 aliphatic heterocycles. The van der Waals surface area contributed by atoms with Crippen molar-refractivity contribution in [3.8, 4) is 11.3 Å². The van der Waals surface area contributed by atoms with Crippen molar-refractivity contribution in [1.29, 1.82) is 0 Å². The Morgan fingerprint density at radius 3 is 2.64 bits per heavy atom. The molecule has 0 aliphatic carbocycles. The van der Waals surface area contributed by atoms with Crippen molar-refractivity contribution in [2.45, 2.75) is 6.61 Å². The van der Waals surface area contributed by atoms with Crippen LogP contribution in [-0.4, -0.2) is 11.0 Å². The lowest BCUT2D eigenvalue weighted by molar-refractivity contribution is 0.102. The third-order valence-electron chi connectivity index (χ3n) is 3.48. The molecular formula is C18H12ClI2NO3. The summed E-state index contributed by atoms with van der Waals surface area (Å²) in [6.07, 6.45) is 0. The van der Waals surface area contributed by atoms with E-state index in [4.69, 9.17) is 21.1 Å². The monoisotopic (exact) mass is 579 g/mol. The van der Waals surface area contributed by atoms with E-state index in [2.05, 4.69) is 50.5 Å². The summed E-state index contributed by atoms with van der Waals surface area (Å²) in [4.78, 5) is 12.6. The zero-order valence-electron chi connectivity index (χ0n) is 12.7. The highest BCUT2D eigenvalue weighted by atomic mass is 127. The maximum atomic E-state index is 12.6. The van der Waals surface area contributed by atoms with Gasteiger partial charge in [-0.05, 0) is 93.7 Å². The zero-order chi connectivity index (χ0) is 18.0. The molecule has 0 spiro atoms. The van der Waals surface area contributed by atoms with Crippen LogP contribution in [0.4, 0.5) is 5.69 Å². The smallest absolute Gasteiger partial charge is 0.256 e. The standard InChI is InChI=1S/C18H12ClI2NO3/c19-15-4-2-11(8-13(15)17-6-3-12(9-23)25-17)22-18(24)14-7-10(20)1-5-16(14)21/h1-8,23H,9H2,(H,22,24). The molecule has 2 N–H and O–H groups in total. The number of benzene rings is 2. The summed E-state index contributed by atoms with van der Waals surface area (Å²) in [6, 6.07) is 14.3. The molecule has 7 heteroatoms. The number of anilines is 1. The van der Waals surface area contributed by atoms with Gasteiger partial charge in [-0.2, -0.15) is 0 Å². The number of furan rings is 1. The van der Waals surface area contributed by atoms with Gasteiger partial charge in [-0.25, -0.2) is 0 Å². The van der Waals surface area contributed by atoms with Gasteiger partial charge in [0.2, 0.25) is 0 Å². The van der Waals surface area contributed by atoms with Crippen molar-refractivity contribution in [3.63, 3.8) is 0 Å². The second-order valence-corrected chi connectivity index (χ2v) is 8.01. The van der Waals surface area contributed by atoms with Crippen LogP contribution in [0.3, 0.4) is 0 Å². The van der Waals surface area contributed by atoms with Crippen molar-refractivity contribution in [2.75, 3.05) is 5.32 Å². The van der Waals surface area contributed by atoms with E-state index in [0.29, 0.717) is 33.4 Å². The van der Waals surface area contributed by atoms with Gasteiger partial charge in [-0.1, -0.05) is 11.6 Å². The molecular weight excluding hydrogens is 567 g/mol. The molecule has 3 rings (SSSR count). The molecule has 128 valence electrons. The molecule has 0 bridgehead atoms. The number of carbonyl (C=O) groups is 1.